The van der Waals surface area contributed by atoms with E-state index in [1.165, 1.54) is 12.5 Å². The number of aliphatic carboxylic acids is 2. The van der Waals surface area contributed by atoms with Crippen molar-refractivity contribution in [2.45, 2.75) is 250 Å². The number of amides is 11. The van der Waals surface area contributed by atoms with Crippen LogP contribution in [0.4, 0.5) is 13.2 Å². The Kier molecular flexibility index (Phi) is 50.3. The number of aliphatic hydroxyl groups is 2. The lowest BCUT2D eigenvalue weighted by Gasteiger charge is -2.32. The van der Waals surface area contributed by atoms with Crippen molar-refractivity contribution in [3.05, 3.63) is 18.2 Å². The van der Waals surface area contributed by atoms with E-state index in [1.54, 1.807) is 41.5 Å². The smallest absolute Gasteiger partial charge is 0.480 e. The van der Waals surface area contributed by atoms with Gasteiger partial charge in [-0.15, -0.1) is 0 Å². The van der Waals surface area contributed by atoms with Gasteiger partial charge in [0, 0.05) is 44.5 Å². The second-order valence-electron chi connectivity index (χ2n) is 28.2. The molecule has 660 valence electrons. The predicted molar refractivity (Wildman–Crippen MR) is 422 cm³/mol. The topological polar surface area (TPSA) is 773 Å². The summed E-state index contributed by atoms with van der Waals surface area (Å²) in [6.45, 7) is 14.2. The average molecular weight is 1660 g/mol. The van der Waals surface area contributed by atoms with Crippen molar-refractivity contribution in [2.24, 2.45) is 101 Å². The molecule has 36 N–H and O–H groups in total. The third-order valence-electron chi connectivity index (χ3n) is 18.0. The van der Waals surface area contributed by atoms with Crippen LogP contribution in [0, 0.1) is 23.7 Å². The number of carboxylic acid groups (broad SMARTS) is 2. The van der Waals surface area contributed by atoms with E-state index < -0.39 is 186 Å². The Balaban J connectivity index is 0.0000180. The van der Waals surface area contributed by atoms with E-state index in [4.69, 9.17) is 67.2 Å². The van der Waals surface area contributed by atoms with Crippen molar-refractivity contribution in [3.63, 3.8) is 0 Å². The van der Waals surface area contributed by atoms with Gasteiger partial charge in [-0.3, -0.25) is 72.7 Å². The third kappa shape index (κ3) is 42.4. The minimum absolute atomic E-state index is 0.0116. The van der Waals surface area contributed by atoms with Gasteiger partial charge in [-0.2, -0.15) is 13.2 Å². The van der Waals surface area contributed by atoms with Crippen molar-refractivity contribution in [1.82, 2.24) is 68.5 Å². The first-order valence-corrected chi connectivity index (χ1v) is 38.1. The molecule has 0 saturated carbocycles. The number of carbonyl (C=O) groups is 13. The SMILES string of the molecule is CC[C@H](C)[C@H](NC(=O)[C@H](CCCN=C(N)N)NC(=O)[C@@H](NC(=O)[C@@H](NC(=O)[C@H](CCCCN)NC(=O)[C@@H](NC(=O)[C@H](CCCN=C(N)N)NC(=O)[C@H](CO)NC(=O)[C@H](CCCN=C(N)N)NC(=O)[C@@H](N)CC(C)C)[C@@H](C)O)[C@@H](C)CC)[C@@H](C)CC)C(=O)N[C@@H](CCCN=C(N)N)C(=O)N[C@@H](Cc1cnc[nH]1)C(=O)O.O=C(O)C(F)(F)F. The normalized spacial score (nSPS) is 15.3. The fourth-order valence-electron chi connectivity index (χ4n) is 10.9. The first-order valence-electron chi connectivity index (χ1n) is 38.1. The molecule has 0 aliphatic heterocycles. The highest BCUT2D eigenvalue weighted by molar-refractivity contribution is 6.00. The van der Waals surface area contributed by atoms with E-state index in [0.29, 0.717) is 18.5 Å². The van der Waals surface area contributed by atoms with E-state index in [0.717, 1.165) is 6.92 Å². The second-order valence-corrected chi connectivity index (χ2v) is 28.2. The van der Waals surface area contributed by atoms with Crippen LogP contribution in [0.15, 0.2) is 32.5 Å². The Morgan fingerprint density at radius 3 is 1.02 bits per heavy atom. The minimum atomic E-state index is -5.08. The van der Waals surface area contributed by atoms with Gasteiger partial charge in [-0.25, -0.2) is 14.6 Å². The molecule has 44 nitrogen and oxygen atoms in total. The number of nitrogens with one attached hydrogen (secondary N) is 12. The maximum atomic E-state index is 14.8. The van der Waals surface area contributed by atoms with Crippen molar-refractivity contribution in [2.75, 3.05) is 39.3 Å². The highest BCUT2D eigenvalue weighted by Crippen LogP contribution is 2.18. The molecular formula is C69H126F3N27O17. The van der Waals surface area contributed by atoms with Gasteiger partial charge in [0.15, 0.2) is 23.8 Å². The number of aromatic nitrogens is 2. The van der Waals surface area contributed by atoms with E-state index in [9.17, 15) is 86.0 Å². The zero-order valence-corrected chi connectivity index (χ0v) is 67.3. The van der Waals surface area contributed by atoms with Crippen molar-refractivity contribution >= 4 is 101 Å². The molecular weight excluding hydrogens is 1540 g/mol. The number of carboxylic acids is 2. The van der Waals surface area contributed by atoms with Gasteiger partial charge < -0.3 is 141 Å². The van der Waals surface area contributed by atoms with Gasteiger partial charge in [-0.05, 0) is 114 Å². The molecule has 0 saturated heterocycles. The fraction of sp³-hybridized carbons (Fsp3) is 0.710. The van der Waals surface area contributed by atoms with Crippen molar-refractivity contribution in [1.29, 1.82) is 0 Å². The number of guanidine groups is 4. The Hall–Kier alpha value is -11.0. The molecule has 116 heavy (non-hydrogen) atoms. The fourth-order valence-corrected chi connectivity index (χ4v) is 10.9. The first-order chi connectivity index (χ1) is 54.3. The molecule has 0 radical (unpaired) electrons. The van der Waals surface area contributed by atoms with Crippen LogP contribution in [-0.4, -0.2) is 255 Å². The predicted octanol–water partition coefficient (Wildman–Crippen LogP) is -6.77. The lowest BCUT2D eigenvalue weighted by molar-refractivity contribution is -0.192. The van der Waals surface area contributed by atoms with Gasteiger partial charge in [-0.1, -0.05) is 74.7 Å². The van der Waals surface area contributed by atoms with Crippen LogP contribution >= 0.6 is 0 Å². The van der Waals surface area contributed by atoms with Gasteiger partial charge in [0.1, 0.15) is 66.5 Å². The highest BCUT2D eigenvalue weighted by atomic mass is 19.4. The number of aliphatic imine (C=N–C) groups is 4. The van der Waals surface area contributed by atoms with Crippen LogP contribution in [0.2, 0.25) is 0 Å². The van der Waals surface area contributed by atoms with Gasteiger partial charge in [0.05, 0.1) is 25.1 Å². The summed E-state index contributed by atoms with van der Waals surface area (Å²) in [6, 6.07) is -17.5. The summed E-state index contributed by atoms with van der Waals surface area (Å²) in [5.74, 6) is -17.2. The number of halogens is 3. The molecule has 0 aromatic carbocycles. The lowest BCUT2D eigenvalue weighted by atomic mass is 9.94. The maximum absolute atomic E-state index is 14.8. The lowest BCUT2D eigenvalue weighted by Crippen LogP contribution is -2.63. The average Bonchev–Trinajstić information content (AvgIpc) is 0.966. The number of aromatic amines is 1. The van der Waals surface area contributed by atoms with Gasteiger partial charge >= 0.3 is 18.1 Å². The molecule has 16 atom stereocenters. The molecule has 0 aliphatic carbocycles. The Morgan fingerprint density at radius 2 is 0.724 bits per heavy atom. The molecule has 0 aliphatic rings. The van der Waals surface area contributed by atoms with Crippen LogP contribution in [0.25, 0.3) is 0 Å². The summed E-state index contributed by atoms with van der Waals surface area (Å²) in [5, 5.41) is 67.2. The van der Waals surface area contributed by atoms with Crippen molar-refractivity contribution in [3.8, 4) is 0 Å². The van der Waals surface area contributed by atoms with Crippen molar-refractivity contribution < 1.29 is 95.9 Å². The standard InChI is InChI=1S/C67H125N27O15.C2HF3O2/c1-10-35(6)48(59(104)86-43(21-16-26-80-65(72)73)53(98)89-46(63(108)109)30-39-31-78-33-83-39)91-56(101)45(23-18-28-82-67(76)77)87-60(105)49(36(7)11-2)93-61(106)50(37(8)12-3)92-55(100)41(19-13-14-24-68)88-62(107)51(38(9)96)94-57(102)44(22-17-27-81-66(74)75)85-58(103)47(32-95)90-54(99)42(20-15-25-79-64(70)71)84-52(97)40(69)29-34(4)5;3-2(4,5)1(6)7/h31,33-38,40-51,95-96H,10-30,32,68-69H2,1-9H3,(H,78,83)(H,84,97)(H,85,103)(H,86,104)(H,87,105)(H,88,107)(H,89,98)(H,90,99)(H,91,101)(H,92,100)(H,93,106)(H,94,102)(H,108,109)(H4,70,71,79)(H4,72,73,80)(H4,74,75,81)(H4,76,77,82);(H,6,7)/t35-,36-,37-,38+,40-,41-,42-,43-,44-,45-,46-,47-,48-,49-,50-,51-;/m0./s1. The molecule has 11 amide bonds. The minimum Gasteiger partial charge on any atom is -0.480 e. The number of H-pyrrole nitrogens is 1. The largest absolute Gasteiger partial charge is 0.490 e. The first kappa shape index (κ1) is 105. The molecule has 1 heterocycles. The number of hydrogen-bond donors (Lipinski definition) is 26. The Morgan fingerprint density at radius 1 is 0.440 bits per heavy atom. The van der Waals surface area contributed by atoms with Crippen LogP contribution in [0.5, 0.6) is 0 Å². The second kappa shape index (κ2) is 55.5. The quantitative estimate of drug-likeness (QED) is 0.0164. The van der Waals surface area contributed by atoms with Crippen LogP contribution < -0.4 is 116 Å². The number of nitrogens with zero attached hydrogens (tertiary/aromatic N) is 5. The number of hydrogen-bond acceptors (Lipinski definition) is 22. The van der Waals surface area contributed by atoms with E-state index in [2.05, 4.69) is 88.4 Å². The molecule has 1 aromatic rings. The molecule has 0 unspecified atom stereocenters. The number of aliphatic hydroxyl groups excluding tert-OH is 2. The molecule has 1 rings (SSSR count). The summed E-state index contributed by atoms with van der Waals surface area (Å²) in [5.41, 5.74) is 56.5. The molecule has 0 spiro atoms. The zero-order chi connectivity index (χ0) is 88.7. The van der Waals surface area contributed by atoms with Crippen LogP contribution in [0.3, 0.4) is 0 Å². The van der Waals surface area contributed by atoms with E-state index in [-0.39, 0.29) is 152 Å². The monoisotopic (exact) mass is 1660 g/mol. The Labute approximate surface area is 671 Å². The van der Waals surface area contributed by atoms with E-state index >= 15 is 0 Å². The molecule has 1 aromatic heterocycles. The maximum Gasteiger partial charge on any atom is 0.490 e. The summed E-state index contributed by atoms with van der Waals surface area (Å²) < 4.78 is 31.7. The van der Waals surface area contributed by atoms with Crippen LogP contribution in [-0.2, 0) is 68.7 Å². The third-order valence-corrected chi connectivity index (χ3v) is 18.0. The number of unbranched alkanes of at least 4 members (excludes halogenated alkanes) is 1. The van der Waals surface area contributed by atoms with Gasteiger partial charge in [0.25, 0.3) is 0 Å². The summed E-state index contributed by atoms with van der Waals surface area (Å²) in [4.78, 5) is 201. The number of carbonyl (C=O) groups excluding carboxylic acids is 11. The number of alkyl halides is 3. The molecule has 0 fully saturated rings. The molecule has 47 heteroatoms. The summed E-state index contributed by atoms with van der Waals surface area (Å²) >= 11 is 0. The zero-order valence-electron chi connectivity index (χ0n) is 67.3. The number of imidazole rings is 1. The van der Waals surface area contributed by atoms with Crippen LogP contribution in [0.1, 0.15) is 164 Å². The number of nitrogens with two attached hydrogens (primary N) is 10. The van der Waals surface area contributed by atoms with E-state index in [1.807, 2.05) is 13.8 Å². The highest BCUT2D eigenvalue weighted by Gasteiger charge is 2.41. The molecule has 0 bridgehead atoms. The summed E-state index contributed by atoms with van der Waals surface area (Å²) in [7, 11) is 0. The Bertz CT molecular complexity index is 3390. The number of rotatable bonds is 55. The van der Waals surface area contributed by atoms with Gasteiger partial charge in [0.2, 0.25) is 65.0 Å². The summed E-state index contributed by atoms with van der Waals surface area (Å²) in [6.07, 6.45) is -2.76.